The number of rotatable bonds is 11. The average Bonchev–Trinajstić information content (AvgIpc) is 2.97. The van der Waals surface area contributed by atoms with Gasteiger partial charge in [0, 0.05) is 11.8 Å². The van der Waals surface area contributed by atoms with Gasteiger partial charge in [0.15, 0.2) is 6.29 Å². The summed E-state index contributed by atoms with van der Waals surface area (Å²) in [6.07, 6.45) is -1.90. The largest absolute Gasteiger partial charge is 0.459 e. The van der Waals surface area contributed by atoms with Crippen LogP contribution in [0.1, 0.15) is 40.1 Å². The number of hydrogen-bond acceptors (Lipinski definition) is 7. The monoisotopic (exact) mass is 518 g/mol. The Morgan fingerprint density at radius 3 is 1.95 bits per heavy atom. The normalized spacial score (nSPS) is 22.9. The molecule has 5 atom stereocenters. The maximum Gasteiger partial charge on any atom is 0.338 e. The van der Waals surface area contributed by atoms with Crippen molar-refractivity contribution in [2.75, 3.05) is 19.8 Å². The van der Waals surface area contributed by atoms with Gasteiger partial charge in [-0.3, -0.25) is 0 Å². The van der Waals surface area contributed by atoms with E-state index in [1.807, 2.05) is 56.3 Å². The molecule has 5 unspecified atom stereocenters. The first-order chi connectivity index (χ1) is 18.5. The van der Waals surface area contributed by atoms with Crippen molar-refractivity contribution >= 4 is 11.9 Å². The van der Waals surface area contributed by atoms with Crippen LogP contribution >= 0.6 is 0 Å². The van der Waals surface area contributed by atoms with Gasteiger partial charge in [0.2, 0.25) is 0 Å². The molecule has 0 saturated carbocycles. The number of hydrogen-bond donors (Lipinski definition) is 0. The quantitative estimate of drug-likeness (QED) is 0.252. The Bertz CT molecular complexity index is 1140. The van der Waals surface area contributed by atoms with Crippen molar-refractivity contribution in [1.29, 1.82) is 0 Å². The second-order valence-corrected chi connectivity index (χ2v) is 9.37. The lowest BCUT2D eigenvalue weighted by atomic mass is 9.84. The van der Waals surface area contributed by atoms with E-state index < -0.39 is 30.4 Å². The van der Waals surface area contributed by atoms with Crippen LogP contribution in [0.15, 0.2) is 91.0 Å². The number of carbonyl (C=O) groups excluding carboxylic acids is 2. The zero-order valence-electron chi connectivity index (χ0n) is 21.7. The Kier molecular flexibility index (Phi) is 10.0. The first kappa shape index (κ1) is 27.5. The smallest absolute Gasteiger partial charge is 0.338 e. The second kappa shape index (κ2) is 13.9. The van der Waals surface area contributed by atoms with Crippen LogP contribution in [-0.2, 0) is 30.3 Å². The van der Waals surface area contributed by atoms with Gasteiger partial charge in [-0.2, -0.15) is 0 Å². The van der Waals surface area contributed by atoms with E-state index in [-0.39, 0.29) is 18.4 Å². The SMILES string of the molecule is CC1C(OCCOCc2ccccc2)OC(COC(=O)c2ccccc2)C(OC(=O)c2ccccc2)C1C. The predicted octanol–water partition coefficient (Wildman–Crippen LogP) is 5.30. The summed E-state index contributed by atoms with van der Waals surface area (Å²) < 4.78 is 29.5. The van der Waals surface area contributed by atoms with E-state index in [0.717, 1.165) is 5.56 Å². The highest BCUT2D eigenvalue weighted by atomic mass is 16.7. The Morgan fingerprint density at radius 2 is 1.32 bits per heavy atom. The molecule has 200 valence electrons. The molecule has 4 rings (SSSR count). The molecule has 0 N–H and O–H groups in total. The van der Waals surface area contributed by atoms with Crippen LogP contribution in [0, 0.1) is 11.8 Å². The standard InChI is InChI=1S/C31H34O7/c1-22-23(2)31(35-19-18-34-20-24-12-6-3-7-13-24)37-27(21-36-29(32)25-14-8-4-9-15-25)28(22)38-30(33)26-16-10-5-11-17-26/h3-17,22-23,27-28,31H,18-21H2,1-2H3. The molecule has 1 aliphatic rings. The van der Waals surface area contributed by atoms with Crippen molar-refractivity contribution in [2.45, 2.75) is 39.0 Å². The predicted molar refractivity (Wildman–Crippen MR) is 141 cm³/mol. The molecule has 0 bridgehead atoms. The molecule has 0 aliphatic carbocycles. The molecule has 7 nitrogen and oxygen atoms in total. The summed E-state index contributed by atoms with van der Waals surface area (Å²) in [5.41, 5.74) is 1.97. The summed E-state index contributed by atoms with van der Waals surface area (Å²) in [6, 6.07) is 27.5. The summed E-state index contributed by atoms with van der Waals surface area (Å²) in [7, 11) is 0. The Labute approximate surface area is 223 Å². The second-order valence-electron chi connectivity index (χ2n) is 9.37. The van der Waals surface area contributed by atoms with Crippen LogP contribution in [0.25, 0.3) is 0 Å². The van der Waals surface area contributed by atoms with Gasteiger partial charge in [-0.05, 0) is 29.8 Å². The van der Waals surface area contributed by atoms with Crippen molar-refractivity contribution in [1.82, 2.24) is 0 Å². The van der Waals surface area contributed by atoms with Gasteiger partial charge in [-0.15, -0.1) is 0 Å². The fraction of sp³-hybridized carbons (Fsp3) is 0.355. The maximum atomic E-state index is 12.9. The lowest BCUT2D eigenvalue weighted by molar-refractivity contribution is -0.270. The molecular weight excluding hydrogens is 484 g/mol. The summed E-state index contributed by atoms with van der Waals surface area (Å²) >= 11 is 0. The van der Waals surface area contributed by atoms with Crippen molar-refractivity contribution in [3.63, 3.8) is 0 Å². The van der Waals surface area contributed by atoms with Crippen LogP contribution in [0.2, 0.25) is 0 Å². The van der Waals surface area contributed by atoms with E-state index in [0.29, 0.717) is 30.9 Å². The zero-order valence-corrected chi connectivity index (χ0v) is 21.7. The van der Waals surface area contributed by atoms with E-state index in [2.05, 4.69) is 0 Å². The molecule has 1 aliphatic heterocycles. The lowest BCUT2D eigenvalue weighted by Gasteiger charge is -2.43. The van der Waals surface area contributed by atoms with E-state index in [1.165, 1.54) is 0 Å². The third kappa shape index (κ3) is 7.51. The van der Waals surface area contributed by atoms with Gasteiger partial charge in [-0.25, -0.2) is 9.59 Å². The minimum atomic E-state index is -0.697. The molecular formula is C31H34O7. The molecule has 1 heterocycles. The van der Waals surface area contributed by atoms with Crippen LogP contribution in [0.4, 0.5) is 0 Å². The molecule has 1 saturated heterocycles. The van der Waals surface area contributed by atoms with Gasteiger partial charge in [0.1, 0.15) is 18.8 Å². The van der Waals surface area contributed by atoms with E-state index in [4.69, 9.17) is 23.7 Å². The highest BCUT2D eigenvalue weighted by molar-refractivity contribution is 5.90. The van der Waals surface area contributed by atoms with Crippen molar-refractivity contribution in [3.05, 3.63) is 108 Å². The molecule has 0 spiro atoms. The Hall–Kier alpha value is -3.52. The third-order valence-corrected chi connectivity index (χ3v) is 6.71. The van der Waals surface area contributed by atoms with Gasteiger partial charge in [-0.1, -0.05) is 80.6 Å². The summed E-state index contributed by atoms with van der Waals surface area (Å²) in [4.78, 5) is 25.5. The number of benzene rings is 3. The molecule has 3 aromatic rings. The zero-order chi connectivity index (χ0) is 26.7. The topological polar surface area (TPSA) is 80.3 Å². The van der Waals surface area contributed by atoms with E-state index in [9.17, 15) is 9.59 Å². The Balaban J connectivity index is 1.38. The van der Waals surface area contributed by atoms with Gasteiger partial charge < -0.3 is 23.7 Å². The Morgan fingerprint density at radius 1 is 0.737 bits per heavy atom. The van der Waals surface area contributed by atoms with Gasteiger partial charge >= 0.3 is 11.9 Å². The number of carbonyl (C=O) groups is 2. The number of ether oxygens (including phenoxy) is 5. The first-order valence-corrected chi connectivity index (χ1v) is 12.9. The molecule has 0 aromatic heterocycles. The first-order valence-electron chi connectivity index (χ1n) is 12.9. The fourth-order valence-electron chi connectivity index (χ4n) is 4.34. The summed E-state index contributed by atoms with van der Waals surface area (Å²) in [5, 5.41) is 0. The van der Waals surface area contributed by atoms with Crippen LogP contribution in [-0.4, -0.2) is 50.3 Å². The van der Waals surface area contributed by atoms with Crippen LogP contribution in [0.5, 0.6) is 0 Å². The fourth-order valence-corrected chi connectivity index (χ4v) is 4.34. The van der Waals surface area contributed by atoms with Gasteiger partial charge in [0.05, 0.1) is 30.9 Å². The van der Waals surface area contributed by atoms with E-state index in [1.54, 1.807) is 48.5 Å². The lowest BCUT2D eigenvalue weighted by Crippen LogP contribution is -2.53. The molecule has 1 fully saturated rings. The van der Waals surface area contributed by atoms with Gasteiger partial charge in [0.25, 0.3) is 0 Å². The molecule has 7 heteroatoms. The van der Waals surface area contributed by atoms with Crippen molar-refractivity contribution in [2.24, 2.45) is 11.8 Å². The van der Waals surface area contributed by atoms with E-state index >= 15 is 0 Å². The summed E-state index contributed by atoms with van der Waals surface area (Å²) in [6.45, 7) is 5.13. The maximum absolute atomic E-state index is 12.9. The highest BCUT2D eigenvalue weighted by Crippen LogP contribution is 2.34. The number of esters is 2. The van der Waals surface area contributed by atoms with Crippen molar-refractivity contribution in [3.8, 4) is 0 Å². The summed E-state index contributed by atoms with van der Waals surface area (Å²) in [5.74, 6) is -1.13. The van der Waals surface area contributed by atoms with Crippen LogP contribution < -0.4 is 0 Å². The van der Waals surface area contributed by atoms with Crippen LogP contribution in [0.3, 0.4) is 0 Å². The molecule has 38 heavy (non-hydrogen) atoms. The highest BCUT2D eigenvalue weighted by Gasteiger charge is 2.45. The molecule has 0 radical (unpaired) electrons. The minimum Gasteiger partial charge on any atom is -0.459 e. The molecule has 3 aromatic carbocycles. The molecule has 0 amide bonds. The average molecular weight is 519 g/mol. The minimum absolute atomic E-state index is 0.0815. The van der Waals surface area contributed by atoms with Crippen molar-refractivity contribution < 1.29 is 33.3 Å². The third-order valence-electron chi connectivity index (χ3n) is 6.71.